The van der Waals surface area contributed by atoms with Crippen LogP contribution in [0.15, 0.2) is 0 Å². The molecule has 0 saturated heterocycles. The molecule has 0 spiro atoms. The number of rotatable bonds is 16. The standard InChI is InChI=1S/C14H28N3O9/c1-5-7-13(3,9-23-15(18)19)11-25-17(22)26-12-14(4,8-6-2)10-24-16(20)21/h5-12H2,1-4H3/q+1. The first-order valence-electron chi connectivity index (χ1n) is 8.33. The third-order valence-electron chi connectivity index (χ3n) is 3.78. The minimum atomic E-state index is -0.898. The maximum Gasteiger partial charge on any atom is 0.477 e. The van der Waals surface area contributed by atoms with E-state index in [0.29, 0.717) is 25.7 Å². The van der Waals surface area contributed by atoms with Crippen LogP contribution in [0, 0.1) is 36.0 Å². The molecule has 2 unspecified atom stereocenters. The molecule has 0 rings (SSSR count). The summed E-state index contributed by atoms with van der Waals surface area (Å²) >= 11 is 0. The highest BCUT2D eigenvalue weighted by molar-refractivity contribution is 4.72. The topological polar surface area (TPSA) is 143 Å². The summed E-state index contributed by atoms with van der Waals surface area (Å²) in [7, 11) is 0. The number of nitrogens with zero attached hydrogens (tertiary/aromatic N) is 3. The van der Waals surface area contributed by atoms with Gasteiger partial charge in [0.1, 0.15) is 18.1 Å². The predicted molar refractivity (Wildman–Crippen MR) is 87.5 cm³/mol. The third-order valence-corrected chi connectivity index (χ3v) is 3.78. The Morgan fingerprint density at radius 2 is 1.00 bits per heavy atom. The monoisotopic (exact) mass is 382 g/mol. The largest absolute Gasteiger partial charge is 0.477 e. The highest BCUT2D eigenvalue weighted by atomic mass is 17.0. The molecule has 0 aliphatic heterocycles. The molecule has 0 aromatic carbocycles. The Kier molecular flexibility index (Phi) is 10.2. The fraction of sp³-hybridized carbons (Fsp3) is 1.00. The van der Waals surface area contributed by atoms with Crippen molar-refractivity contribution in [3.05, 3.63) is 25.1 Å². The van der Waals surface area contributed by atoms with E-state index in [0.717, 1.165) is 0 Å². The van der Waals surface area contributed by atoms with Crippen molar-refractivity contribution < 1.29 is 34.6 Å². The van der Waals surface area contributed by atoms with Crippen LogP contribution in [-0.4, -0.2) is 41.7 Å². The zero-order valence-electron chi connectivity index (χ0n) is 15.7. The lowest BCUT2D eigenvalue weighted by Crippen LogP contribution is -2.34. The summed E-state index contributed by atoms with van der Waals surface area (Å²) in [6.07, 6.45) is 2.51. The molecular weight excluding hydrogens is 354 g/mol. The zero-order valence-corrected chi connectivity index (χ0v) is 15.7. The van der Waals surface area contributed by atoms with E-state index in [4.69, 9.17) is 9.68 Å². The van der Waals surface area contributed by atoms with Gasteiger partial charge in [0, 0.05) is 10.8 Å². The van der Waals surface area contributed by atoms with Gasteiger partial charge in [-0.1, -0.05) is 40.5 Å². The Morgan fingerprint density at radius 3 is 1.27 bits per heavy atom. The first kappa shape index (κ1) is 23.6. The summed E-state index contributed by atoms with van der Waals surface area (Å²) in [6, 6.07) is 0. The summed E-state index contributed by atoms with van der Waals surface area (Å²) in [4.78, 5) is 51.2. The van der Waals surface area contributed by atoms with Gasteiger partial charge in [0.05, 0.1) is 0 Å². The molecule has 0 heterocycles. The van der Waals surface area contributed by atoms with Crippen LogP contribution in [0.3, 0.4) is 0 Å². The van der Waals surface area contributed by atoms with E-state index in [1.807, 2.05) is 13.8 Å². The Balaban J connectivity index is 4.55. The van der Waals surface area contributed by atoms with Crippen LogP contribution < -0.4 is 0 Å². The van der Waals surface area contributed by atoms with E-state index < -0.39 is 21.0 Å². The van der Waals surface area contributed by atoms with Crippen molar-refractivity contribution in [3.63, 3.8) is 0 Å². The molecule has 152 valence electrons. The van der Waals surface area contributed by atoms with E-state index in [1.165, 1.54) is 0 Å². The highest BCUT2D eigenvalue weighted by Crippen LogP contribution is 2.26. The van der Waals surface area contributed by atoms with Gasteiger partial charge in [0.25, 0.3) is 10.2 Å². The first-order valence-corrected chi connectivity index (χ1v) is 8.33. The van der Waals surface area contributed by atoms with Crippen LogP contribution in [-0.2, 0) is 19.4 Å². The molecule has 12 heteroatoms. The minimum Gasteiger partial charge on any atom is -0.313 e. The Bertz CT molecular complexity index is 437. The van der Waals surface area contributed by atoms with E-state index in [9.17, 15) is 25.1 Å². The van der Waals surface area contributed by atoms with Crippen molar-refractivity contribution in [1.82, 2.24) is 0 Å². The van der Waals surface area contributed by atoms with Crippen molar-refractivity contribution in [2.24, 2.45) is 10.8 Å². The maximum atomic E-state index is 11.7. The lowest BCUT2D eigenvalue weighted by atomic mass is 9.88. The molecule has 0 amide bonds. The maximum absolute atomic E-state index is 11.7. The summed E-state index contributed by atoms with van der Waals surface area (Å²) in [5, 5.41) is 18.8. The molecule has 0 aliphatic rings. The molecule has 0 N–H and O–H groups in total. The second kappa shape index (κ2) is 11.3. The third kappa shape index (κ3) is 10.5. The lowest BCUT2D eigenvalue weighted by Gasteiger charge is -2.25. The molecule has 0 bridgehead atoms. The van der Waals surface area contributed by atoms with Crippen molar-refractivity contribution in [1.29, 1.82) is 0 Å². The predicted octanol–water partition coefficient (Wildman–Crippen LogP) is 2.66. The normalized spacial score (nSPS) is 15.2. The summed E-state index contributed by atoms with van der Waals surface area (Å²) in [6.45, 7) is 6.45. The molecule has 2 atom stereocenters. The Morgan fingerprint density at radius 1 is 0.692 bits per heavy atom. The molecule has 0 radical (unpaired) electrons. The van der Waals surface area contributed by atoms with Crippen molar-refractivity contribution >= 4 is 0 Å². The molecule has 26 heavy (non-hydrogen) atoms. The fourth-order valence-electron chi connectivity index (χ4n) is 2.45. The summed E-state index contributed by atoms with van der Waals surface area (Å²) in [5.41, 5.74) is -1.48. The van der Waals surface area contributed by atoms with E-state index >= 15 is 0 Å². The molecule has 0 saturated carbocycles. The van der Waals surface area contributed by atoms with Gasteiger partial charge in [0.15, 0.2) is 13.2 Å². The molecule has 12 nitrogen and oxygen atoms in total. The van der Waals surface area contributed by atoms with Crippen molar-refractivity contribution in [2.75, 3.05) is 26.4 Å². The minimum absolute atomic E-state index is 0.0832. The number of hydrogen-bond donors (Lipinski definition) is 0. The van der Waals surface area contributed by atoms with E-state index in [1.54, 1.807) is 13.8 Å². The molecule has 0 aromatic rings. The second-order valence-corrected chi connectivity index (χ2v) is 6.89. The van der Waals surface area contributed by atoms with Crippen LogP contribution in [0.1, 0.15) is 53.4 Å². The van der Waals surface area contributed by atoms with Gasteiger partial charge in [-0.05, 0) is 12.8 Å². The molecule has 0 fully saturated rings. The second-order valence-electron chi connectivity index (χ2n) is 6.89. The van der Waals surface area contributed by atoms with Gasteiger partial charge in [-0.2, -0.15) is 9.68 Å². The SMILES string of the molecule is CCCC(C)(CO[N+](=O)[O-])CO[N+](=O)OCC(C)(CCC)CO[N+](=O)[O-]. The molecule has 0 aliphatic carbocycles. The van der Waals surface area contributed by atoms with E-state index in [-0.39, 0.29) is 31.5 Å². The van der Waals surface area contributed by atoms with Gasteiger partial charge in [0.2, 0.25) is 0 Å². The number of hydrogen-bond acceptors (Lipinski definition) is 9. The Hall–Kier alpha value is -2.40. The van der Waals surface area contributed by atoms with Crippen LogP contribution in [0.5, 0.6) is 0 Å². The van der Waals surface area contributed by atoms with Gasteiger partial charge in [-0.15, -0.1) is 20.2 Å². The highest BCUT2D eigenvalue weighted by Gasteiger charge is 2.34. The van der Waals surface area contributed by atoms with Crippen molar-refractivity contribution in [3.8, 4) is 0 Å². The van der Waals surface area contributed by atoms with Crippen LogP contribution in [0.2, 0.25) is 0 Å². The zero-order chi connectivity index (χ0) is 20.2. The van der Waals surface area contributed by atoms with Crippen LogP contribution in [0.4, 0.5) is 0 Å². The Labute approximate surface area is 151 Å². The van der Waals surface area contributed by atoms with Gasteiger partial charge < -0.3 is 9.68 Å². The van der Waals surface area contributed by atoms with E-state index in [2.05, 4.69) is 9.68 Å². The van der Waals surface area contributed by atoms with Gasteiger partial charge in [-0.3, -0.25) is 0 Å². The summed E-state index contributed by atoms with van der Waals surface area (Å²) in [5.74, 6) is 0. The smallest absolute Gasteiger partial charge is 0.313 e. The van der Waals surface area contributed by atoms with Gasteiger partial charge in [-0.25, -0.2) is 0 Å². The molecule has 0 aromatic heterocycles. The van der Waals surface area contributed by atoms with Crippen molar-refractivity contribution in [2.45, 2.75) is 53.4 Å². The van der Waals surface area contributed by atoms with Crippen LogP contribution >= 0.6 is 0 Å². The van der Waals surface area contributed by atoms with Crippen LogP contribution in [0.25, 0.3) is 0 Å². The average molecular weight is 382 g/mol. The quantitative estimate of drug-likeness (QED) is 0.290. The fourth-order valence-corrected chi connectivity index (χ4v) is 2.45. The summed E-state index contributed by atoms with van der Waals surface area (Å²) < 4.78 is 0. The first-order chi connectivity index (χ1) is 12.1. The average Bonchev–Trinajstić information content (AvgIpc) is 2.55. The van der Waals surface area contributed by atoms with Gasteiger partial charge >= 0.3 is 5.09 Å². The molecular formula is C14H28N3O9+. The lowest BCUT2D eigenvalue weighted by molar-refractivity contribution is -0.984.